The molecule has 0 aliphatic heterocycles. The lowest BCUT2D eigenvalue weighted by atomic mass is 9.85. The maximum absolute atomic E-state index is 11.9. The fourth-order valence-electron chi connectivity index (χ4n) is 1.96. The Kier molecular flexibility index (Phi) is 2.31. The number of fused-ring (bicyclic) bond motifs is 1. The molecule has 2 rings (SSSR count). The summed E-state index contributed by atoms with van der Waals surface area (Å²) in [6.45, 7) is 4.69. The summed E-state index contributed by atoms with van der Waals surface area (Å²) in [6, 6.07) is 0. The number of Topliss-reactive ketones (excluding diaryl/α,β-unsaturated/α-hetero) is 1. The minimum absolute atomic E-state index is 0.0874. The van der Waals surface area contributed by atoms with Gasteiger partial charge in [0.05, 0.1) is 11.1 Å². The van der Waals surface area contributed by atoms with Crippen molar-refractivity contribution in [2.24, 2.45) is 0 Å². The monoisotopic (exact) mass is 232 g/mol. The second-order valence-corrected chi connectivity index (χ2v) is 4.22. The van der Waals surface area contributed by atoms with Gasteiger partial charge in [0.1, 0.15) is 11.5 Å². The molecule has 1 aromatic carbocycles. The van der Waals surface area contributed by atoms with Crippen LogP contribution in [-0.4, -0.2) is 21.8 Å². The summed E-state index contributed by atoms with van der Waals surface area (Å²) >= 11 is 0. The van der Waals surface area contributed by atoms with E-state index in [4.69, 9.17) is 0 Å². The minimum atomic E-state index is -0.451. The number of carbonyl (C=O) groups is 2. The van der Waals surface area contributed by atoms with Crippen LogP contribution in [-0.2, 0) is 0 Å². The molecule has 1 aliphatic carbocycles. The summed E-state index contributed by atoms with van der Waals surface area (Å²) in [4.78, 5) is 23.7. The number of benzene rings is 1. The van der Waals surface area contributed by atoms with E-state index in [1.54, 1.807) is 13.8 Å². The van der Waals surface area contributed by atoms with Gasteiger partial charge in [0.25, 0.3) is 0 Å². The number of hydrogen-bond acceptors (Lipinski definition) is 4. The second kappa shape index (κ2) is 3.45. The summed E-state index contributed by atoms with van der Waals surface area (Å²) in [5.74, 6) is -1.32. The molecule has 0 fully saturated rings. The minimum Gasteiger partial charge on any atom is -0.507 e. The van der Waals surface area contributed by atoms with E-state index < -0.39 is 11.6 Å². The molecule has 4 nitrogen and oxygen atoms in total. The van der Waals surface area contributed by atoms with E-state index in [2.05, 4.69) is 0 Å². The Balaban J connectivity index is 2.93. The Bertz CT molecular complexity index is 594. The van der Waals surface area contributed by atoms with Crippen LogP contribution in [0, 0.1) is 13.8 Å². The van der Waals surface area contributed by atoms with Crippen molar-refractivity contribution < 1.29 is 19.8 Å². The summed E-state index contributed by atoms with van der Waals surface area (Å²) in [5, 5.41) is 19.9. The van der Waals surface area contributed by atoms with Gasteiger partial charge in [-0.05, 0) is 38.0 Å². The van der Waals surface area contributed by atoms with Crippen LogP contribution in [0.2, 0.25) is 0 Å². The van der Waals surface area contributed by atoms with Crippen molar-refractivity contribution in [3.8, 4) is 11.5 Å². The van der Waals surface area contributed by atoms with Crippen LogP contribution in [0.5, 0.6) is 11.5 Å². The Hall–Kier alpha value is -2.10. The predicted molar refractivity (Wildman–Crippen MR) is 61.7 cm³/mol. The highest BCUT2D eigenvalue weighted by molar-refractivity contribution is 6.26. The first-order valence-corrected chi connectivity index (χ1v) is 5.18. The van der Waals surface area contributed by atoms with Crippen LogP contribution in [0.3, 0.4) is 0 Å². The molecule has 0 saturated heterocycles. The number of allylic oxidation sites excluding steroid dienone is 2. The van der Waals surface area contributed by atoms with Crippen LogP contribution in [0.4, 0.5) is 0 Å². The molecule has 0 amide bonds. The first kappa shape index (κ1) is 11.4. The smallest absolute Gasteiger partial charge is 0.193 e. The SMILES string of the molecule is CC1=CC(=O)c2c(O)c(C)c(C)c(O)c2C1=O. The Labute approximate surface area is 98.2 Å². The molecule has 1 aliphatic rings. The zero-order valence-corrected chi connectivity index (χ0v) is 9.79. The second-order valence-electron chi connectivity index (χ2n) is 4.22. The van der Waals surface area contributed by atoms with E-state index >= 15 is 0 Å². The van der Waals surface area contributed by atoms with Crippen molar-refractivity contribution >= 4 is 11.6 Å². The molecule has 0 radical (unpaired) electrons. The molecular weight excluding hydrogens is 220 g/mol. The molecule has 4 heteroatoms. The van der Waals surface area contributed by atoms with Crippen molar-refractivity contribution in [1.82, 2.24) is 0 Å². The lowest BCUT2D eigenvalue weighted by Gasteiger charge is -2.19. The molecular formula is C13H12O4. The van der Waals surface area contributed by atoms with Crippen LogP contribution >= 0.6 is 0 Å². The van der Waals surface area contributed by atoms with Crippen molar-refractivity contribution in [2.45, 2.75) is 20.8 Å². The Morgan fingerprint density at radius 3 is 1.88 bits per heavy atom. The van der Waals surface area contributed by atoms with E-state index in [0.717, 1.165) is 0 Å². The maximum atomic E-state index is 11.9. The van der Waals surface area contributed by atoms with Gasteiger partial charge >= 0.3 is 0 Å². The van der Waals surface area contributed by atoms with E-state index in [1.165, 1.54) is 13.0 Å². The molecule has 0 spiro atoms. The summed E-state index contributed by atoms with van der Waals surface area (Å²) < 4.78 is 0. The lowest BCUT2D eigenvalue weighted by Crippen LogP contribution is -2.17. The average molecular weight is 232 g/mol. The number of ketones is 2. The number of carbonyl (C=O) groups excluding carboxylic acids is 2. The standard InChI is InChI=1S/C13H12O4/c1-5-4-8(14)9-10(11(5)15)13(17)7(3)6(2)12(9)16/h4,16-17H,1-3H3. The van der Waals surface area contributed by atoms with E-state index in [1.807, 2.05) is 0 Å². The van der Waals surface area contributed by atoms with Gasteiger partial charge in [0.15, 0.2) is 11.6 Å². The number of rotatable bonds is 0. The highest BCUT2D eigenvalue weighted by Crippen LogP contribution is 2.40. The quantitative estimate of drug-likeness (QED) is 0.671. The molecule has 2 N–H and O–H groups in total. The molecule has 0 atom stereocenters. The van der Waals surface area contributed by atoms with E-state index in [-0.39, 0.29) is 28.2 Å². The van der Waals surface area contributed by atoms with Crippen molar-refractivity contribution in [3.63, 3.8) is 0 Å². The highest BCUT2D eigenvalue weighted by Gasteiger charge is 2.31. The molecule has 0 aromatic heterocycles. The number of aromatic hydroxyl groups is 2. The summed E-state index contributed by atoms with van der Waals surface area (Å²) in [7, 11) is 0. The fourth-order valence-corrected chi connectivity index (χ4v) is 1.96. The molecule has 0 bridgehead atoms. The Morgan fingerprint density at radius 1 is 0.882 bits per heavy atom. The van der Waals surface area contributed by atoms with Gasteiger partial charge < -0.3 is 10.2 Å². The number of phenols is 2. The average Bonchev–Trinajstić information content (AvgIpc) is 2.28. The summed E-state index contributed by atoms with van der Waals surface area (Å²) in [6.07, 6.45) is 1.18. The van der Waals surface area contributed by atoms with Crippen LogP contribution in [0.1, 0.15) is 38.8 Å². The number of hydrogen-bond donors (Lipinski definition) is 2. The fraction of sp³-hybridized carbons (Fsp3) is 0.231. The third-order valence-electron chi connectivity index (χ3n) is 3.18. The largest absolute Gasteiger partial charge is 0.507 e. The van der Waals surface area contributed by atoms with Gasteiger partial charge in [-0.25, -0.2) is 0 Å². The molecule has 0 saturated carbocycles. The third-order valence-corrected chi connectivity index (χ3v) is 3.18. The molecule has 1 aromatic rings. The van der Waals surface area contributed by atoms with Crippen LogP contribution in [0.15, 0.2) is 11.6 Å². The van der Waals surface area contributed by atoms with Gasteiger partial charge in [0, 0.05) is 5.57 Å². The molecule has 0 unspecified atom stereocenters. The van der Waals surface area contributed by atoms with Crippen molar-refractivity contribution in [2.75, 3.05) is 0 Å². The van der Waals surface area contributed by atoms with Gasteiger partial charge in [0.2, 0.25) is 0 Å². The highest BCUT2D eigenvalue weighted by atomic mass is 16.3. The zero-order chi connectivity index (χ0) is 12.9. The molecule has 0 heterocycles. The third kappa shape index (κ3) is 1.37. The zero-order valence-electron chi connectivity index (χ0n) is 9.79. The van der Waals surface area contributed by atoms with E-state index in [9.17, 15) is 19.8 Å². The van der Waals surface area contributed by atoms with E-state index in [0.29, 0.717) is 11.1 Å². The topological polar surface area (TPSA) is 74.6 Å². The van der Waals surface area contributed by atoms with Gasteiger partial charge in [-0.15, -0.1) is 0 Å². The maximum Gasteiger partial charge on any atom is 0.193 e. The first-order chi connectivity index (χ1) is 7.86. The summed E-state index contributed by atoms with van der Waals surface area (Å²) in [5.41, 5.74) is 0.907. The molecule has 17 heavy (non-hydrogen) atoms. The van der Waals surface area contributed by atoms with Gasteiger partial charge in [-0.1, -0.05) is 0 Å². The van der Waals surface area contributed by atoms with Crippen molar-refractivity contribution in [1.29, 1.82) is 0 Å². The van der Waals surface area contributed by atoms with Crippen molar-refractivity contribution in [3.05, 3.63) is 33.9 Å². The predicted octanol–water partition coefficient (Wildman–Crippen LogP) is 2.04. The van der Waals surface area contributed by atoms with Gasteiger partial charge in [-0.2, -0.15) is 0 Å². The molecule has 88 valence electrons. The first-order valence-electron chi connectivity index (χ1n) is 5.18. The van der Waals surface area contributed by atoms with Gasteiger partial charge in [-0.3, -0.25) is 9.59 Å². The Morgan fingerprint density at radius 2 is 1.35 bits per heavy atom. The van der Waals surface area contributed by atoms with Crippen LogP contribution < -0.4 is 0 Å². The van der Waals surface area contributed by atoms with Crippen LogP contribution in [0.25, 0.3) is 0 Å². The lowest BCUT2D eigenvalue weighted by molar-refractivity contribution is 0.0979. The normalized spacial score (nSPS) is 14.6. The number of phenolic OH excluding ortho intramolecular Hbond substituents is 2.